The second-order valence-corrected chi connectivity index (χ2v) is 4.87. The van der Waals surface area contributed by atoms with Gasteiger partial charge < -0.3 is 14.2 Å². The van der Waals surface area contributed by atoms with Crippen LogP contribution < -0.4 is 10.1 Å². The predicted molar refractivity (Wildman–Crippen MR) is 62.3 cm³/mol. The number of hydrogen-bond donors (Lipinski definition) is 1. The fourth-order valence-corrected chi connectivity index (χ4v) is 2.92. The Morgan fingerprint density at radius 1 is 1.44 bits per heavy atom. The summed E-state index contributed by atoms with van der Waals surface area (Å²) in [6, 6.07) is 0.0215. The van der Waals surface area contributed by atoms with Crippen LogP contribution in [0.5, 0.6) is 6.01 Å². The summed E-state index contributed by atoms with van der Waals surface area (Å²) in [6.07, 6.45) is 3.78. The van der Waals surface area contributed by atoms with Crippen LogP contribution >= 0.6 is 0 Å². The number of anilines is 1. The van der Waals surface area contributed by atoms with Crippen molar-refractivity contribution < 1.29 is 14.1 Å². The smallest absolute Gasteiger partial charge is 0.355 e. The average molecular weight is 252 g/mol. The zero-order valence-electron chi connectivity index (χ0n) is 10.3. The maximum absolute atomic E-state index is 12.0. The van der Waals surface area contributed by atoms with Crippen LogP contribution in [0.15, 0.2) is 4.52 Å². The third kappa shape index (κ3) is 2.00. The molecule has 2 heterocycles. The van der Waals surface area contributed by atoms with Gasteiger partial charge in [0.1, 0.15) is 0 Å². The SMILES string of the molecule is COc1noc(NC(=O)N2CC3CCCC3C2)n1. The standard InChI is InChI=1S/C11H16N4O3/c1-17-10-12-9(18-14-10)13-11(16)15-5-7-3-2-4-8(7)6-15/h7-8H,2-6H2,1H3,(H,12,13,14,16). The number of nitrogens with zero attached hydrogens (tertiary/aromatic N) is 3. The van der Waals surface area contributed by atoms with Gasteiger partial charge in [0.25, 0.3) is 0 Å². The van der Waals surface area contributed by atoms with E-state index >= 15 is 0 Å². The molecule has 0 spiro atoms. The third-order valence-electron chi connectivity index (χ3n) is 3.82. The zero-order valence-corrected chi connectivity index (χ0v) is 10.3. The largest absolute Gasteiger partial charge is 0.465 e. The number of aromatic nitrogens is 2. The summed E-state index contributed by atoms with van der Waals surface area (Å²) in [7, 11) is 1.44. The molecule has 0 aromatic carbocycles. The first kappa shape index (κ1) is 11.3. The molecule has 1 aliphatic heterocycles. The Morgan fingerprint density at radius 3 is 2.78 bits per heavy atom. The van der Waals surface area contributed by atoms with Crippen LogP contribution in [0.2, 0.25) is 0 Å². The normalized spacial score (nSPS) is 26.2. The number of ether oxygens (including phenoxy) is 1. The number of likely N-dealkylation sites (tertiary alicyclic amines) is 1. The molecule has 1 aromatic rings. The van der Waals surface area contributed by atoms with Gasteiger partial charge in [-0.05, 0) is 29.8 Å². The van der Waals surface area contributed by atoms with Crippen LogP contribution in [-0.2, 0) is 0 Å². The number of urea groups is 1. The predicted octanol–water partition coefficient (Wildman–Crippen LogP) is 1.34. The molecule has 18 heavy (non-hydrogen) atoms. The van der Waals surface area contributed by atoms with Gasteiger partial charge in [0.2, 0.25) is 0 Å². The summed E-state index contributed by atoms with van der Waals surface area (Å²) in [6.45, 7) is 1.67. The third-order valence-corrected chi connectivity index (χ3v) is 3.82. The lowest BCUT2D eigenvalue weighted by Gasteiger charge is -2.16. The maximum Gasteiger partial charge on any atom is 0.355 e. The van der Waals surface area contributed by atoms with Crippen molar-refractivity contribution in [1.82, 2.24) is 15.0 Å². The van der Waals surface area contributed by atoms with E-state index in [2.05, 4.69) is 15.5 Å². The van der Waals surface area contributed by atoms with Gasteiger partial charge in [-0.2, -0.15) is 0 Å². The highest BCUT2D eigenvalue weighted by Gasteiger charge is 2.38. The number of rotatable bonds is 2. The topological polar surface area (TPSA) is 80.5 Å². The Morgan fingerprint density at radius 2 is 2.17 bits per heavy atom. The van der Waals surface area contributed by atoms with E-state index in [0.717, 1.165) is 13.1 Å². The molecule has 1 saturated heterocycles. The molecule has 0 bridgehead atoms. The number of carbonyl (C=O) groups excluding carboxylic acids is 1. The van der Waals surface area contributed by atoms with E-state index in [1.807, 2.05) is 4.90 Å². The summed E-state index contributed by atoms with van der Waals surface area (Å²) in [4.78, 5) is 17.7. The fourth-order valence-electron chi connectivity index (χ4n) is 2.92. The second-order valence-electron chi connectivity index (χ2n) is 4.87. The molecule has 98 valence electrons. The highest BCUT2D eigenvalue weighted by Crippen LogP contribution is 2.37. The first-order valence-corrected chi connectivity index (χ1v) is 6.20. The summed E-state index contributed by atoms with van der Waals surface area (Å²) >= 11 is 0. The van der Waals surface area contributed by atoms with Gasteiger partial charge in [-0.15, -0.1) is 4.98 Å². The molecule has 0 radical (unpaired) electrons. The minimum atomic E-state index is -0.171. The summed E-state index contributed by atoms with van der Waals surface area (Å²) < 4.78 is 9.62. The Balaban J connectivity index is 1.58. The molecule has 1 N–H and O–H groups in total. The molecule has 2 fully saturated rings. The van der Waals surface area contributed by atoms with Crippen LogP contribution in [0.1, 0.15) is 19.3 Å². The van der Waals surface area contributed by atoms with Crippen LogP contribution in [0.4, 0.5) is 10.8 Å². The van der Waals surface area contributed by atoms with Crippen molar-refractivity contribution in [2.45, 2.75) is 19.3 Å². The molecular weight excluding hydrogens is 236 g/mol. The number of nitrogens with one attached hydrogen (secondary N) is 1. The lowest BCUT2D eigenvalue weighted by atomic mass is 10.0. The van der Waals surface area contributed by atoms with E-state index < -0.39 is 0 Å². The lowest BCUT2D eigenvalue weighted by Crippen LogP contribution is -2.33. The van der Waals surface area contributed by atoms with E-state index in [0.29, 0.717) is 11.8 Å². The van der Waals surface area contributed by atoms with E-state index in [1.54, 1.807) is 0 Å². The van der Waals surface area contributed by atoms with E-state index in [-0.39, 0.29) is 18.1 Å². The fraction of sp³-hybridized carbons (Fsp3) is 0.727. The van der Waals surface area contributed by atoms with Crippen LogP contribution in [-0.4, -0.2) is 41.3 Å². The summed E-state index contributed by atoms with van der Waals surface area (Å²) in [5.41, 5.74) is 0. The molecule has 2 aliphatic rings. The number of hydrogen-bond acceptors (Lipinski definition) is 5. The monoisotopic (exact) mass is 252 g/mol. The average Bonchev–Trinajstić information content (AvgIpc) is 3.02. The van der Waals surface area contributed by atoms with Gasteiger partial charge >= 0.3 is 18.1 Å². The van der Waals surface area contributed by atoms with Crippen molar-refractivity contribution in [3.8, 4) is 6.01 Å². The van der Waals surface area contributed by atoms with E-state index in [1.165, 1.54) is 26.4 Å². The quantitative estimate of drug-likeness (QED) is 0.859. The van der Waals surface area contributed by atoms with Gasteiger partial charge in [0.15, 0.2) is 0 Å². The van der Waals surface area contributed by atoms with Crippen molar-refractivity contribution in [3.05, 3.63) is 0 Å². The van der Waals surface area contributed by atoms with Crippen molar-refractivity contribution in [2.24, 2.45) is 11.8 Å². The molecular formula is C11H16N4O3. The minimum absolute atomic E-state index is 0.0777. The van der Waals surface area contributed by atoms with Crippen molar-refractivity contribution >= 4 is 12.0 Å². The van der Waals surface area contributed by atoms with Crippen LogP contribution in [0.25, 0.3) is 0 Å². The first-order valence-electron chi connectivity index (χ1n) is 6.20. The van der Waals surface area contributed by atoms with Gasteiger partial charge in [-0.3, -0.25) is 5.32 Å². The van der Waals surface area contributed by atoms with Gasteiger partial charge in [0.05, 0.1) is 7.11 Å². The highest BCUT2D eigenvalue weighted by atomic mass is 16.5. The second kappa shape index (κ2) is 4.47. The number of amides is 2. The molecule has 2 amide bonds. The number of methoxy groups -OCH3 is 1. The molecule has 3 rings (SSSR count). The number of carbonyl (C=O) groups is 1. The minimum Gasteiger partial charge on any atom is -0.465 e. The lowest BCUT2D eigenvalue weighted by molar-refractivity contribution is 0.217. The van der Waals surface area contributed by atoms with E-state index in [9.17, 15) is 4.79 Å². The maximum atomic E-state index is 12.0. The van der Waals surface area contributed by atoms with Crippen molar-refractivity contribution in [2.75, 3.05) is 25.5 Å². The summed E-state index contributed by atoms with van der Waals surface area (Å²) in [5, 5.41) is 6.12. The Labute approximate surface area is 104 Å². The highest BCUT2D eigenvalue weighted by molar-refractivity contribution is 5.87. The van der Waals surface area contributed by atoms with Crippen molar-refractivity contribution in [3.63, 3.8) is 0 Å². The van der Waals surface area contributed by atoms with Gasteiger partial charge in [-0.25, -0.2) is 4.79 Å². The molecule has 7 heteroatoms. The molecule has 7 nitrogen and oxygen atoms in total. The van der Waals surface area contributed by atoms with E-state index in [4.69, 9.17) is 9.26 Å². The van der Waals surface area contributed by atoms with Gasteiger partial charge in [0, 0.05) is 13.1 Å². The van der Waals surface area contributed by atoms with Crippen LogP contribution in [0, 0.1) is 11.8 Å². The molecule has 2 unspecified atom stereocenters. The first-order chi connectivity index (χ1) is 8.76. The zero-order chi connectivity index (χ0) is 12.5. The Bertz CT molecular complexity index is 435. The Kier molecular flexibility index (Phi) is 2.81. The van der Waals surface area contributed by atoms with Crippen molar-refractivity contribution in [1.29, 1.82) is 0 Å². The molecule has 1 aliphatic carbocycles. The molecule has 2 atom stereocenters. The summed E-state index contributed by atoms with van der Waals surface area (Å²) in [5.74, 6) is 1.35. The molecule has 1 saturated carbocycles. The van der Waals surface area contributed by atoms with Crippen LogP contribution in [0.3, 0.4) is 0 Å². The number of fused-ring (bicyclic) bond motifs is 1. The molecule has 1 aromatic heterocycles. The Hall–Kier alpha value is -1.79. The van der Waals surface area contributed by atoms with Gasteiger partial charge in [-0.1, -0.05) is 6.42 Å².